The fourth-order valence-electron chi connectivity index (χ4n) is 1.90. The smallest absolute Gasteiger partial charge is 0.335 e. The minimum absolute atomic E-state index is 0.0131. The molecular weight excluding hydrogens is 276 g/mol. The van der Waals surface area contributed by atoms with E-state index in [0.717, 1.165) is 0 Å². The first kappa shape index (κ1) is 14.3. The number of carbonyl (C=O) groups is 1. The van der Waals surface area contributed by atoms with Crippen LogP contribution in [0.15, 0.2) is 53.4 Å². The molecule has 0 aliphatic rings. The second-order valence-electron chi connectivity index (χ2n) is 4.53. The Labute approximate surface area is 117 Å². The molecule has 2 aromatic rings. The van der Waals surface area contributed by atoms with Crippen LogP contribution < -0.4 is 0 Å². The van der Waals surface area contributed by atoms with Gasteiger partial charge in [-0.1, -0.05) is 36.4 Å². The van der Waals surface area contributed by atoms with Gasteiger partial charge in [-0.15, -0.1) is 0 Å². The predicted octanol–water partition coefficient (Wildman–Crippen LogP) is 2.67. The number of sulfone groups is 1. The van der Waals surface area contributed by atoms with Crippen molar-refractivity contribution in [3.05, 3.63) is 65.2 Å². The summed E-state index contributed by atoms with van der Waals surface area (Å²) in [5.74, 6) is -1.27. The highest BCUT2D eigenvalue weighted by atomic mass is 32.2. The molecule has 0 saturated heterocycles. The highest BCUT2D eigenvalue weighted by Crippen LogP contribution is 2.20. The molecule has 0 atom stereocenters. The molecule has 0 spiro atoms. The van der Waals surface area contributed by atoms with Gasteiger partial charge in [-0.05, 0) is 30.2 Å². The van der Waals surface area contributed by atoms with E-state index in [1.54, 1.807) is 31.2 Å². The first-order valence-electron chi connectivity index (χ1n) is 6.01. The molecule has 0 saturated carbocycles. The van der Waals surface area contributed by atoms with E-state index in [1.807, 2.05) is 6.07 Å². The minimum atomic E-state index is -3.55. The van der Waals surface area contributed by atoms with Gasteiger partial charge in [0, 0.05) is 0 Å². The first-order chi connectivity index (χ1) is 9.40. The normalized spacial score (nSPS) is 11.2. The summed E-state index contributed by atoms with van der Waals surface area (Å²) in [6, 6.07) is 13.0. The third-order valence-corrected chi connectivity index (χ3v) is 4.68. The van der Waals surface area contributed by atoms with Gasteiger partial charge < -0.3 is 5.11 Å². The fourth-order valence-corrected chi connectivity index (χ4v) is 3.27. The highest BCUT2D eigenvalue weighted by Gasteiger charge is 2.18. The fraction of sp³-hybridized carbons (Fsp3) is 0.133. The summed E-state index contributed by atoms with van der Waals surface area (Å²) < 4.78 is 24.6. The van der Waals surface area contributed by atoms with E-state index in [1.165, 1.54) is 18.2 Å². The predicted molar refractivity (Wildman–Crippen MR) is 75.5 cm³/mol. The molecule has 4 nitrogen and oxygen atoms in total. The van der Waals surface area contributed by atoms with E-state index < -0.39 is 15.8 Å². The van der Waals surface area contributed by atoms with Crippen LogP contribution in [0, 0.1) is 6.92 Å². The van der Waals surface area contributed by atoms with Crippen LogP contribution in [0.4, 0.5) is 0 Å². The molecule has 20 heavy (non-hydrogen) atoms. The topological polar surface area (TPSA) is 71.4 Å². The van der Waals surface area contributed by atoms with Crippen LogP contribution in [0.1, 0.15) is 21.5 Å². The molecule has 0 aliphatic heterocycles. The maximum Gasteiger partial charge on any atom is 0.335 e. The molecule has 1 N–H and O–H groups in total. The molecule has 0 fully saturated rings. The van der Waals surface area contributed by atoms with Crippen LogP contribution in [0.5, 0.6) is 0 Å². The summed E-state index contributed by atoms with van der Waals surface area (Å²) in [4.78, 5) is 11.1. The van der Waals surface area contributed by atoms with Crippen molar-refractivity contribution in [3.8, 4) is 0 Å². The van der Waals surface area contributed by atoms with E-state index in [0.29, 0.717) is 11.1 Å². The lowest BCUT2D eigenvalue weighted by atomic mass is 10.1. The summed E-state index contributed by atoms with van der Waals surface area (Å²) >= 11 is 0. The molecule has 0 radical (unpaired) electrons. The van der Waals surface area contributed by atoms with Gasteiger partial charge >= 0.3 is 5.97 Å². The SMILES string of the molecule is Cc1ccc(S(=O)(=O)Cc2ccccc2)cc1C(=O)O. The number of aromatic carboxylic acids is 1. The summed E-state index contributed by atoms with van der Waals surface area (Å²) in [7, 11) is -3.55. The van der Waals surface area contributed by atoms with Gasteiger partial charge in [0.05, 0.1) is 16.2 Å². The molecule has 0 bridgehead atoms. The quantitative estimate of drug-likeness (QED) is 0.939. The maximum absolute atomic E-state index is 12.3. The van der Waals surface area contributed by atoms with Gasteiger partial charge in [0.15, 0.2) is 9.84 Å². The number of rotatable bonds is 4. The lowest BCUT2D eigenvalue weighted by Crippen LogP contribution is -2.08. The molecule has 5 heteroatoms. The summed E-state index contributed by atoms with van der Waals surface area (Å²) in [5, 5.41) is 9.05. The lowest BCUT2D eigenvalue weighted by Gasteiger charge is -2.07. The van der Waals surface area contributed by atoms with Crippen molar-refractivity contribution in [1.82, 2.24) is 0 Å². The third-order valence-electron chi connectivity index (χ3n) is 3.00. The van der Waals surface area contributed by atoms with Crippen molar-refractivity contribution in [2.75, 3.05) is 0 Å². The summed E-state index contributed by atoms with van der Waals surface area (Å²) in [5.41, 5.74) is 1.22. The molecule has 0 heterocycles. The van der Waals surface area contributed by atoms with Crippen LogP contribution in [0.2, 0.25) is 0 Å². The van der Waals surface area contributed by atoms with Gasteiger partial charge in [0.1, 0.15) is 0 Å². The first-order valence-corrected chi connectivity index (χ1v) is 7.66. The number of carboxylic acid groups (broad SMARTS) is 1. The zero-order chi connectivity index (χ0) is 14.8. The zero-order valence-electron chi connectivity index (χ0n) is 10.9. The zero-order valence-corrected chi connectivity index (χ0v) is 11.7. The van der Waals surface area contributed by atoms with Crippen LogP contribution in [-0.2, 0) is 15.6 Å². The van der Waals surface area contributed by atoms with Gasteiger partial charge in [-0.25, -0.2) is 13.2 Å². The standard InChI is InChI=1S/C15H14O4S/c1-11-7-8-13(9-14(11)15(16)17)20(18,19)10-12-5-3-2-4-6-12/h2-9H,10H2,1H3,(H,16,17). The van der Waals surface area contributed by atoms with Crippen molar-refractivity contribution in [2.45, 2.75) is 17.6 Å². The number of hydrogen-bond donors (Lipinski definition) is 1. The van der Waals surface area contributed by atoms with E-state index in [4.69, 9.17) is 5.11 Å². The largest absolute Gasteiger partial charge is 0.478 e. The molecule has 0 aromatic heterocycles. The van der Waals surface area contributed by atoms with E-state index in [2.05, 4.69) is 0 Å². The Bertz CT molecular complexity index is 734. The summed E-state index contributed by atoms with van der Waals surface area (Å²) in [6.07, 6.45) is 0. The third kappa shape index (κ3) is 3.05. The number of aryl methyl sites for hydroxylation is 1. The Balaban J connectivity index is 2.40. The van der Waals surface area contributed by atoms with Crippen LogP contribution in [0.3, 0.4) is 0 Å². The molecule has 0 aliphatic carbocycles. The van der Waals surface area contributed by atoms with Crippen molar-refractivity contribution in [2.24, 2.45) is 0 Å². The van der Waals surface area contributed by atoms with Crippen molar-refractivity contribution >= 4 is 15.8 Å². The van der Waals surface area contributed by atoms with Gasteiger partial charge in [-0.3, -0.25) is 0 Å². The monoisotopic (exact) mass is 290 g/mol. The van der Waals surface area contributed by atoms with Gasteiger partial charge in [0.2, 0.25) is 0 Å². The van der Waals surface area contributed by atoms with Crippen LogP contribution in [-0.4, -0.2) is 19.5 Å². The Morgan fingerprint density at radius 2 is 1.75 bits per heavy atom. The van der Waals surface area contributed by atoms with E-state index in [9.17, 15) is 13.2 Å². The van der Waals surface area contributed by atoms with E-state index >= 15 is 0 Å². The maximum atomic E-state index is 12.3. The Hall–Kier alpha value is -2.14. The molecule has 2 aromatic carbocycles. The van der Waals surface area contributed by atoms with Gasteiger partial charge in [0.25, 0.3) is 0 Å². The number of benzene rings is 2. The lowest BCUT2D eigenvalue weighted by molar-refractivity contribution is 0.0696. The van der Waals surface area contributed by atoms with Crippen molar-refractivity contribution < 1.29 is 18.3 Å². The van der Waals surface area contributed by atoms with Crippen molar-refractivity contribution in [3.63, 3.8) is 0 Å². The Kier molecular flexibility index (Phi) is 3.90. The molecule has 2 rings (SSSR count). The average molecular weight is 290 g/mol. The van der Waals surface area contributed by atoms with E-state index in [-0.39, 0.29) is 16.2 Å². The second kappa shape index (κ2) is 5.46. The molecule has 0 amide bonds. The molecular formula is C15H14O4S. The average Bonchev–Trinajstić information content (AvgIpc) is 2.39. The highest BCUT2D eigenvalue weighted by molar-refractivity contribution is 7.90. The second-order valence-corrected chi connectivity index (χ2v) is 6.52. The molecule has 104 valence electrons. The minimum Gasteiger partial charge on any atom is -0.478 e. The number of carboxylic acids is 1. The number of hydrogen-bond acceptors (Lipinski definition) is 3. The van der Waals surface area contributed by atoms with Gasteiger partial charge in [-0.2, -0.15) is 0 Å². The van der Waals surface area contributed by atoms with Crippen LogP contribution in [0.25, 0.3) is 0 Å². The Morgan fingerprint density at radius 3 is 2.35 bits per heavy atom. The molecule has 0 unspecified atom stereocenters. The Morgan fingerprint density at radius 1 is 1.10 bits per heavy atom. The van der Waals surface area contributed by atoms with Crippen molar-refractivity contribution in [1.29, 1.82) is 0 Å². The summed E-state index contributed by atoms with van der Waals surface area (Å²) in [6.45, 7) is 1.64. The van der Waals surface area contributed by atoms with Crippen LogP contribution >= 0.6 is 0 Å².